The number of pyridine rings is 1. The van der Waals surface area contributed by atoms with Crippen molar-refractivity contribution in [2.45, 2.75) is 5.88 Å². The highest BCUT2D eigenvalue weighted by molar-refractivity contribution is 9.10. The Balaban J connectivity index is 2.31. The minimum atomic E-state index is -0.401. The average Bonchev–Trinajstić information content (AvgIpc) is 2.36. The van der Waals surface area contributed by atoms with Gasteiger partial charge in [-0.3, -0.25) is 0 Å². The van der Waals surface area contributed by atoms with Gasteiger partial charge in [-0.15, -0.1) is 11.6 Å². The molecule has 0 atom stereocenters. The van der Waals surface area contributed by atoms with E-state index in [1.54, 1.807) is 18.3 Å². The zero-order chi connectivity index (χ0) is 13.1. The molecule has 18 heavy (non-hydrogen) atoms. The van der Waals surface area contributed by atoms with E-state index in [4.69, 9.17) is 27.9 Å². The Hall–Kier alpha value is -0.840. The highest BCUT2D eigenvalue weighted by Crippen LogP contribution is 2.33. The van der Waals surface area contributed by atoms with Gasteiger partial charge in [-0.1, -0.05) is 11.6 Å². The van der Waals surface area contributed by atoms with Crippen LogP contribution >= 0.6 is 39.1 Å². The molecule has 1 heterocycles. The van der Waals surface area contributed by atoms with E-state index in [0.29, 0.717) is 21.1 Å². The largest absolute Gasteiger partial charge is 0.436 e. The van der Waals surface area contributed by atoms with Crippen molar-refractivity contribution in [1.82, 2.24) is 4.98 Å². The van der Waals surface area contributed by atoms with Crippen molar-refractivity contribution in [3.63, 3.8) is 0 Å². The van der Waals surface area contributed by atoms with E-state index in [1.165, 1.54) is 12.1 Å². The van der Waals surface area contributed by atoms with E-state index < -0.39 is 5.82 Å². The van der Waals surface area contributed by atoms with Crippen LogP contribution in [0, 0.1) is 5.82 Å². The number of benzene rings is 1. The van der Waals surface area contributed by atoms with Crippen molar-refractivity contribution in [1.29, 1.82) is 0 Å². The van der Waals surface area contributed by atoms with Crippen LogP contribution in [-0.4, -0.2) is 4.98 Å². The first kappa shape index (κ1) is 13.6. The molecular formula is C12H7BrCl2FNO. The molecule has 0 saturated heterocycles. The third-order valence-corrected chi connectivity index (χ3v) is 3.35. The number of hydrogen-bond donors (Lipinski definition) is 0. The quantitative estimate of drug-likeness (QED) is 0.712. The van der Waals surface area contributed by atoms with E-state index in [-0.39, 0.29) is 5.88 Å². The Morgan fingerprint density at radius 3 is 2.78 bits per heavy atom. The summed E-state index contributed by atoms with van der Waals surface area (Å²) < 4.78 is 19.2. The molecule has 0 aliphatic heterocycles. The Labute approximate surface area is 122 Å². The molecule has 0 bridgehead atoms. The number of aromatic nitrogens is 1. The maximum Gasteiger partial charge on any atom is 0.238 e. The Bertz CT molecular complexity index is 580. The molecule has 0 saturated carbocycles. The molecule has 1 aromatic heterocycles. The first-order valence-electron chi connectivity index (χ1n) is 4.93. The van der Waals surface area contributed by atoms with E-state index in [1.807, 2.05) is 0 Å². The monoisotopic (exact) mass is 349 g/mol. The van der Waals surface area contributed by atoms with Crippen LogP contribution in [0.25, 0.3) is 0 Å². The summed E-state index contributed by atoms with van der Waals surface area (Å²) in [6.45, 7) is 0. The van der Waals surface area contributed by atoms with Crippen LogP contribution in [0.3, 0.4) is 0 Å². The van der Waals surface area contributed by atoms with Crippen molar-refractivity contribution in [3.8, 4) is 11.6 Å². The lowest BCUT2D eigenvalue weighted by Gasteiger charge is -2.08. The standard InChI is InChI=1S/C12H7BrCl2FNO/c13-9-2-1-8(16)4-11(9)18-12-10(15)3-7(5-14)6-17-12/h1-4,6H,5H2. The van der Waals surface area contributed by atoms with Gasteiger partial charge in [0.1, 0.15) is 16.6 Å². The van der Waals surface area contributed by atoms with E-state index >= 15 is 0 Å². The summed E-state index contributed by atoms with van der Waals surface area (Å²) in [6, 6.07) is 5.77. The second-order valence-electron chi connectivity index (χ2n) is 3.44. The van der Waals surface area contributed by atoms with Gasteiger partial charge in [0.2, 0.25) is 5.88 Å². The van der Waals surface area contributed by atoms with E-state index in [9.17, 15) is 4.39 Å². The number of alkyl halides is 1. The summed E-state index contributed by atoms with van der Waals surface area (Å²) in [5, 5.41) is 0.323. The van der Waals surface area contributed by atoms with Crippen LogP contribution in [0.2, 0.25) is 5.02 Å². The summed E-state index contributed by atoms with van der Waals surface area (Å²) in [6.07, 6.45) is 1.56. The van der Waals surface area contributed by atoms with Gasteiger partial charge in [-0.25, -0.2) is 9.37 Å². The zero-order valence-electron chi connectivity index (χ0n) is 8.96. The maximum absolute atomic E-state index is 13.1. The minimum absolute atomic E-state index is 0.205. The average molecular weight is 351 g/mol. The predicted molar refractivity (Wildman–Crippen MR) is 73.0 cm³/mol. The lowest BCUT2D eigenvalue weighted by atomic mass is 10.3. The normalized spacial score (nSPS) is 10.4. The maximum atomic E-state index is 13.1. The first-order valence-corrected chi connectivity index (χ1v) is 6.64. The molecular weight excluding hydrogens is 344 g/mol. The molecule has 0 aliphatic carbocycles. The van der Waals surface area contributed by atoms with Gasteiger partial charge < -0.3 is 4.74 Å². The highest BCUT2D eigenvalue weighted by atomic mass is 79.9. The van der Waals surface area contributed by atoms with Crippen LogP contribution in [0.15, 0.2) is 34.9 Å². The summed E-state index contributed by atoms with van der Waals surface area (Å²) in [4.78, 5) is 4.03. The molecule has 0 fully saturated rings. The fourth-order valence-electron chi connectivity index (χ4n) is 1.27. The van der Waals surface area contributed by atoms with Crippen molar-refractivity contribution in [3.05, 3.63) is 51.3 Å². The Kier molecular flexibility index (Phi) is 4.43. The number of rotatable bonds is 3. The van der Waals surface area contributed by atoms with Crippen LogP contribution in [0.5, 0.6) is 11.6 Å². The minimum Gasteiger partial charge on any atom is -0.436 e. The Morgan fingerprint density at radius 1 is 1.33 bits per heavy atom. The van der Waals surface area contributed by atoms with Crippen LogP contribution in [0.4, 0.5) is 4.39 Å². The first-order chi connectivity index (χ1) is 8.60. The molecule has 2 rings (SSSR count). The molecule has 2 nitrogen and oxygen atoms in total. The SMILES string of the molecule is Fc1ccc(Br)c(Oc2ncc(CCl)cc2Cl)c1. The van der Waals surface area contributed by atoms with Crippen LogP contribution in [0.1, 0.15) is 5.56 Å². The summed E-state index contributed by atoms with van der Waals surface area (Å²) >= 11 is 14.9. The Morgan fingerprint density at radius 2 is 2.11 bits per heavy atom. The lowest BCUT2D eigenvalue weighted by molar-refractivity contribution is 0.455. The number of hydrogen-bond acceptors (Lipinski definition) is 2. The topological polar surface area (TPSA) is 22.1 Å². The van der Waals surface area contributed by atoms with Gasteiger partial charge in [0.25, 0.3) is 0 Å². The van der Waals surface area contributed by atoms with Crippen molar-refractivity contribution in [2.75, 3.05) is 0 Å². The second kappa shape index (κ2) is 5.87. The van der Waals surface area contributed by atoms with Gasteiger partial charge in [0.05, 0.1) is 4.47 Å². The van der Waals surface area contributed by atoms with Gasteiger partial charge in [0, 0.05) is 18.1 Å². The summed E-state index contributed by atoms with van der Waals surface area (Å²) in [5.74, 6) is 0.429. The van der Waals surface area contributed by atoms with Crippen LogP contribution < -0.4 is 4.74 Å². The third kappa shape index (κ3) is 3.13. The van der Waals surface area contributed by atoms with Crippen LogP contribution in [-0.2, 0) is 5.88 Å². The summed E-state index contributed by atoms with van der Waals surface area (Å²) in [5.41, 5.74) is 0.785. The number of halogens is 4. The second-order valence-corrected chi connectivity index (χ2v) is 4.97. The van der Waals surface area contributed by atoms with Crippen molar-refractivity contribution >= 4 is 39.1 Å². The molecule has 94 valence electrons. The third-order valence-electron chi connectivity index (χ3n) is 2.12. The molecule has 0 spiro atoms. The van der Waals surface area contributed by atoms with Gasteiger partial charge in [-0.2, -0.15) is 0 Å². The van der Waals surface area contributed by atoms with E-state index in [0.717, 1.165) is 5.56 Å². The van der Waals surface area contributed by atoms with Crippen molar-refractivity contribution in [2.24, 2.45) is 0 Å². The smallest absolute Gasteiger partial charge is 0.238 e. The summed E-state index contributed by atoms with van der Waals surface area (Å²) in [7, 11) is 0. The fraction of sp³-hybridized carbons (Fsp3) is 0.0833. The highest BCUT2D eigenvalue weighted by Gasteiger charge is 2.09. The molecule has 2 aromatic rings. The fourth-order valence-corrected chi connectivity index (χ4v) is 1.97. The molecule has 0 amide bonds. The van der Waals surface area contributed by atoms with Crippen molar-refractivity contribution < 1.29 is 9.13 Å². The van der Waals surface area contributed by atoms with Gasteiger partial charge >= 0.3 is 0 Å². The van der Waals surface area contributed by atoms with Gasteiger partial charge in [0.15, 0.2) is 0 Å². The van der Waals surface area contributed by atoms with Gasteiger partial charge in [-0.05, 0) is 39.7 Å². The molecule has 0 N–H and O–H groups in total. The molecule has 0 unspecified atom stereocenters. The zero-order valence-corrected chi connectivity index (χ0v) is 12.1. The molecule has 0 radical (unpaired) electrons. The number of ether oxygens (including phenoxy) is 1. The van der Waals surface area contributed by atoms with E-state index in [2.05, 4.69) is 20.9 Å². The molecule has 6 heteroatoms. The molecule has 0 aliphatic rings. The lowest BCUT2D eigenvalue weighted by Crippen LogP contribution is -1.92. The predicted octanol–water partition coefficient (Wildman–Crippen LogP) is 5.17. The molecule has 1 aromatic carbocycles. The number of nitrogens with zero attached hydrogens (tertiary/aromatic N) is 1.